The Morgan fingerprint density at radius 3 is 2.58 bits per heavy atom. The van der Waals surface area contributed by atoms with E-state index in [1.807, 2.05) is 13.0 Å². The molecule has 2 rings (SSSR count). The first-order valence-electron chi connectivity index (χ1n) is 10.2. The number of H-pyrrole nitrogens is 1. The van der Waals surface area contributed by atoms with Gasteiger partial charge in [-0.1, -0.05) is 25.1 Å². The van der Waals surface area contributed by atoms with Gasteiger partial charge >= 0.3 is 5.69 Å². The summed E-state index contributed by atoms with van der Waals surface area (Å²) in [6.45, 7) is 2.75. The lowest BCUT2D eigenvalue weighted by Gasteiger charge is -2.24. The van der Waals surface area contributed by atoms with E-state index in [1.54, 1.807) is 24.3 Å². The lowest BCUT2D eigenvalue weighted by Crippen LogP contribution is -2.42. The van der Waals surface area contributed by atoms with Crippen LogP contribution in [-0.4, -0.2) is 48.2 Å². The first-order chi connectivity index (χ1) is 14.9. The molecule has 0 aliphatic rings. The van der Waals surface area contributed by atoms with E-state index in [1.165, 1.54) is 16.6 Å². The number of benzene rings is 1. The van der Waals surface area contributed by atoms with Crippen molar-refractivity contribution in [3.05, 3.63) is 56.7 Å². The second-order valence-corrected chi connectivity index (χ2v) is 6.91. The largest absolute Gasteiger partial charge is 0.383 e. The van der Waals surface area contributed by atoms with Crippen LogP contribution in [0.15, 0.2) is 39.9 Å². The van der Waals surface area contributed by atoms with Gasteiger partial charge < -0.3 is 20.7 Å². The van der Waals surface area contributed by atoms with E-state index >= 15 is 0 Å². The molecule has 4 N–H and O–H groups in total. The second-order valence-electron chi connectivity index (χ2n) is 6.91. The molecule has 10 heteroatoms. The maximum absolute atomic E-state index is 12.9. The van der Waals surface area contributed by atoms with Crippen LogP contribution < -0.4 is 27.2 Å². The van der Waals surface area contributed by atoms with E-state index in [2.05, 4.69) is 10.3 Å². The van der Waals surface area contributed by atoms with E-state index in [-0.39, 0.29) is 42.9 Å². The molecule has 0 unspecified atom stereocenters. The van der Waals surface area contributed by atoms with Crippen molar-refractivity contribution in [2.45, 2.75) is 32.7 Å². The number of methoxy groups -OCH3 is 1. The number of amides is 2. The van der Waals surface area contributed by atoms with E-state index in [0.717, 1.165) is 0 Å². The van der Waals surface area contributed by atoms with E-state index < -0.39 is 11.2 Å². The van der Waals surface area contributed by atoms with Gasteiger partial charge in [0.2, 0.25) is 5.91 Å². The molecule has 2 aromatic rings. The molecule has 0 spiro atoms. The van der Waals surface area contributed by atoms with Gasteiger partial charge in [0.05, 0.1) is 6.61 Å². The maximum atomic E-state index is 12.9. The molecular formula is C21H29N5O5. The van der Waals surface area contributed by atoms with Crippen LogP contribution in [0, 0.1) is 0 Å². The van der Waals surface area contributed by atoms with Gasteiger partial charge in [-0.2, -0.15) is 0 Å². The molecule has 0 atom stereocenters. The molecule has 10 nitrogen and oxygen atoms in total. The van der Waals surface area contributed by atoms with Crippen LogP contribution in [0.2, 0.25) is 0 Å². The molecule has 0 bridgehead atoms. The zero-order valence-corrected chi connectivity index (χ0v) is 17.8. The highest BCUT2D eigenvalue weighted by Crippen LogP contribution is 2.18. The molecule has 0 saturated carbocycles. The SMILES string of the molecule is CCCn1c(N)c(N(CCOC)C(=O)CCCNC(=O)c2ccccc2)c(=O)[nH]c1=O. The Hall–Kier alpha value is -3.40. The smallest absolute Gasteiger partial charge is 0.330 e. The standard InChI is InChI=1S/C21H29N5O5/c1-3-12-26-18(22)17(20(29)24-21(26)30)25(13-14-31-2)16(27)10-7-11-23-19(28)15-8-5-4-6-9-15/h4-6,8-9H,3,7,10-14,22H2,1-2H3,(H,23,28)(H,24,29,30). The minimum atomic E-state index is -0.725. The molecular weight excluding hydrogens is 402 g/mol. The molecule has 1 aromatic carbocycles. The zero-order valence-electron chi connectivity index (χ0n) is 17.8. The van der Waals surface area contributed by atoms with Gasteiger partial charge in [0.1, 0.15) is 5.82 Å². The lowest BCUT2D eigenvalue weighted by molar-refractivity contribution is -0.118. The number of rotatable bonds is 11. The molecule has 0 aliphatic carbocycles. The Morgan fingerprint density at radius 1 is 1.23 bits per heavy atom. The zero-order chi connectivity index (χ0) is 22.8. The Balaban J connectivity index is 2.11. The predicted molar refractivity (Wildman–Crippen MR) is 118 cm³/mol. The van der Waals surface area contributed by atoms with E-state index in [4.69, 9.17) is 10.5 Å². The molecule has 168 valence electrons. The minimum absolute atomic E-state index is 0.0579. The fraction of sp³-hybridized carbons (Fsp3) is 0.429. The van der Waals surface area contributed by atoms with Crippen molar-refractivity contribution in [3.8, 4) is 0 Å². The summed E-state index contributed by atoms with van der Waals surface area (Å²) >= 11 is 0. The van der Waals surface area contributed by atoms with Crippen molar-refractivity contribution in [2.24, 2.45) is 0 Å². The number of aromatic nitrogens is 2. The number of ether oxygens (including phenoxy) is 1. The third-order valence-electron chi connectivity index (χ3n) is 4.64. The number of carbonyl (C=O) groups excluding carboxylic acids is 2. The minimum Gasteiger partial charge on any atom is -0.383 e. The van der Waals surface area contributed by atoms with Crippen molar-refractivity contribution < 1.29 is 14.3 Å². The molecule has 0 radical (unpaired) electrons. The Morgan fingerprint density at radius 2 is 1.94 bits per heavy atom. The highest BCUT2D eigenvalue weighted by Gasteiger charge is 2.23. The summed E-state index contributed by atoms with van der Waals surface area (Å²) in [6.07, 6.45) is 1.07. The van der Waals surface area contributed by atoms with Crippen LogP contribution in [0.25, 0.3) is 0 Å². The van der Waals surface area contributed by atoms with Crippen molar-refractivity contribution in [1.29, 1.82) is 0 Å². The summed E-state index contributed by atoms with van der Waals surface area (Å²) in [7, 11) is 1.48. The highest BCUT2D eigenvalue weighted by atomic mass is 16.5. The number of hydrogen-bond acceptors (Lipinski definition) is 6. The van der Waals surface area contributed by atoms with Gasteiger partial charge in [0.15, 0.2) is 5.69 Å². The molecule has 1 heterocycles. The number of hydrogen-bond donors (Lipinski definition) is 3. The van der Waals surface area contributed by atoms with E-state index in [0.29, 0.717) is 31.5 Å². The molecule has 0 saturated heterocycles. The van der Waals surface area contributed by atoms with Crippen LogP contribution in [0.3, 0.4) is 0 Å². The number of aromatic amines is 1. The summed E-state index contributed by atoms with van der Waals surface area (Å²) < 4.78 is 6.30. The predicted octanol–water partition coefficient (Wildman–Crippen LogP) is 0.718. The summed E-state index contributed by atoms with van der Waals surface area (Å²) in [5, 5.41) is 2.76. The normalized spacial score (nSPS) is 10.6. The van der Waals surface area contributed by atoms with E-state index in [9.17, 15) is 19.2 Å². The number of nitrogens with two attached hydrogens (primary N) is 1. The quantitative estimate of drug-likeness (QED) is 0.448. The van der Waals surface area contributed by atoms with Crippen molar-refractivity contribution in [3.63, 3.8) is 0 Å². The molecule has 1 aromatic heterocycles. The highest BCUT2D eigenvalue weighted by molar-refractivity contribution is 5.96. The summed E-state index contributed by atoms with van der Waals surface area (Å²) in [6, 6.07) is 8.76. The fourth-order valence-electron chi connectivity index (χ4n) is 3.10. The van der Waals surface area contributed by atoms with Gasteiger partial charge in [-0.15, -0.1) is 0 Å². The Labute approximate surface area is 180 Å². The summed E-state index contributed by atoms with van der Waals surface area (Å²) in [4.78, 5) is 53.0. The topological polar surface area (TPSA) is 140 Å². The number of nitrogens with one attached hydrogen (secondary N) is 2. The monoisotopic (exact) mass is 431 g/mol. The van der Waals surface area contributed by atoms with Crippen LogP contribution in [0.1, 0.15) is 36.5 Å². The van der Waals surface area contributed by atoms with Crippen molar-refractivity contribution >= 4 is 23.3 Å². The first kappa shape index (κ1) is 23.9. The molecule has 0 fully saturated rings. The van der Waals surface area contributed by atoms with Gasteiger partial charge in [0.25, 0.3) is 11.5 Å². The first-order valence-corrected chi connectivity index (χ1v) is 10.2. The number of anilines is 2. The number of nitrogen functional groups attached to an aromatic ring is 1. The summed E-state index contributed by atoms with van der Waals surface area (Å²) in [5.74, 6) is -0.640. The van der Waals surface area contributed by atoms with Crippen LogP contribution in [-0.2, 0) is 16.1 Å². The maximum Gasteiger partial charge on any atom is 0.330 e. The van der Waals surface area contributed by atoms with Gasteiger partial charge in [0, 0.05) is 38.7 Å². The van der Waals surface area contributed by atoms with Crippen molar-refractivity contribution in [2.75, 3.05) is 37.4 Å². The van der Waals surface area contributed by atoms with Gasteiger partial charge in [-0.25, -0.2) is 4.79 Å². The third-order valence-corrected chi connectivity index (χ3v) is 4.64. The van der Waals surface area contributed by atoms with Crippen LogP contribution in [0.4, 0.5) is 11.5 Å². The summed E-state index contributed by atoms with van der Waals surface area (Å²) in [5.41, 5.74) is 5.22. The van der Waals surface area contributed by atoms with Gasteiger partial charge in [-0.05, 0) is 25.0 Å². The lowest BCUT2D eigenvalue weighted by atomic mass is 10.2. The molecule has 0 aliphatic heterocycles. The molecule has 2 amide bonds. The third kappa shape index (κ3) is 6.29. The average molecular weight is 431 g/mol. The van der Waals surface area contributed by atoms with Crippen LogP contribution in [0.5, 0.6) is 0 Å². The number of carbonyl (C=O) groups is 2. The van der Waals surface area contributed by atoms with Gasteiger partial charge in [-0.3, -0.25) is 23.9 Å². The second kappa shape index (κ2) is 11.7. The molecule has 31 heavy (non-hydrogen) atoms. The average Bonchev–Trinajstić information content (AvgIpc) is 2.76. The number of nitrogens with zero attached hydrogens (tertiary/aromatic N) is 2. The van der Waals surface area contributed by atoms with Crippen molar-refractivity contribution in [1.82, 2.24) is 14.9 Å². The Kier molecular flexibility index (Phi) is 9.01. The van der Waals surface area contributed by atoms with Crippen LogP contribution >= 0.6 is 0 Å². The Bertz CT molecular complexity index is 999. The fourth-order valence-corrected chi connectivity index (χ4v) is 3.10.